The Bertz CT molecular complexity index is 795. The molecule has 1 aliphatic heterocycles. The highest BCUT2D eigenvalue weighted by molar-refractivity contribution is 7.99. The molecular formula is C17H18N4OS. The summed E-state index contributed by atoms with van der Waals surface area (Å²) in [7, 11) is 0. The molecule has 0 bridgehead atoms. The van der Waals surface area contributed by atoms with Crippen molar-refractivity contribution >= 4 is 11.8 Å². The number of nitriles is 1. The topological polar surface area (TPSA) is 61.9 Å². The summed E-state index contributed by atoms with van der Waals surface area (Å²) in [6.07, 6.45) is 2.23. The highest BCUT2D eigenvalue weighted by Gasteiger charge is 2.23. The summed E-state index contributed by atoms with van der Waals surface area (Å²) in [5, 5.41) is 10.1. The van der Waals surface area contributed by atoms with Crippen molar-refractivity contribution in [2.75, 3.05) is 12.4 Å². The second-order valence-corrected chi connectivity index (χ2v) is 6.40. The first-order valence-electron chi connectivity index (χ1n) is 7.70. The van der Waals surface area contributed by atoms with Gasteiger partial charge in [-0.05, 0) is 6.42 Å². The molecule has 0 fully saturated rings. The molecule has 118 valence electrons. The van der Waals surface area contributed by atoms with Crippen molar-refractivity contribution in [3.63, 3.8) is 0 Å². The third kappa shape index (κ3) is 3.16. The van der Waals surface area contributed by atoms with Crippen LogP contribution in [-0.4, -0.2) is 26.9 Å². The van der Waals surface area contributed by atoms with Crippen molar-refractivity contribution < 1.29 is 0 Å². The summed E-state index contributed by atoms with van der Waals surface area (Å²) in [6, 6.07) is 11.5. The number of fused-ring (bicyclic) bond motifs is 1. The molecule has 6 heteroatoms. The number of nitrogens with zero attached hydrogens (tertiary/aromatic N) is 4. The van der Waals surface area contributed by atoms with Crippen molar-refractivity contribution in [3.05, 3.63) is 46.2 Å². The zero-order valence-electron chi connectivity index (χ0n) is 13.0. The van der Waals surface area contributed by atoms with Crippen LogP contribution in [0.2, 0.25) is 0 Å². The molecule has 0 amide bonds. The van der Waals surface area contributed by atoms with Gasteiger partial charge in [-0.1, -0.05) is 55.4 Å². The third-order valence-electron chi connectivity index (χ3n) is 3.84. The Kier molecular flexibility index (Phi) is 4.79. The smallest absolute Gasteiger partial charge is 0.273 e. The maximum Gasteiger partial charge on any atom is 0.273 e. The van der Waals surface area contributed by atoms with Gasteiger partial charge in [-0.25, -0.2) is 4.98 Å². The molecule has 23 heavy (non-hydrogen) atoms. The van der Waals surface area contributed by atoms with Gasteiger partial charge in [0.25, 0.3) is 5.56 Å². The molecule has 0 N–H and O–H groups in total. The van der Waals surface area contributed by atoms with E-state index >= 15 is 0 Å². The summed E-state index contributed by atoms with van der Waals surface area (Å²) in [5.74, 6) is 0.826. The van der Waals surface area contributed by atoms with Gasteiger partial charge in [0.1, 0.15) is 11.6 Å². The molecule has 2 heterocycles. The number of hydrogen-bond donors (Lipinski definition) is 0. The standard InChI is InChI=1S/C17H18N4OS/c1-2-3-9-20-11-21-16(22)14(10-18)15(19-17(21)23-12-20)13-7-5-4-6-8-13/h4-8H,2-3,9,11-12H2,1H3. The number of benzene rings is 1. The molecule has 3 rings (SSSR count). The van der Waals surface area contributed by atoms with Gasteiger partial charge in [0, 0.05) is 12.1 Å². The van der Waals surface area contributed by atoms with Gasteiger partial charge in [-0.2, -0.15) is 5.26 Å². The fraction of sp³-hybridized carbons (Fsp3) is 0.353. The van der Waals surface area contributed by atoms with Gasteiger partial charge in [0.2, 0.25) is 0 Å². The Morgan fingerprint density at radius 3 is 2.83 bits per heavy atom. The molecule has 5 nitrogen and oxygen atoms in total. The Hall–Kier alpha value is -2.10. The molecule has 0 saturated heterocycles. The van der Waals surface area contributed by atoms with Crippen LogP contribution in [0.15, 0.2) is 40.3 Å². The van der Waals surface area contributed by atoms with Crippen LogP contribution >= 0.6 is 11.8 Å². The van der Waals surface area contributed by atoms with Gasteiger partial charge in [-0.3, -0.25) is 14.3 Å². The van der Waals surface area contributed by atoms with Crippen LogP contribution in [0.1, 0.15) is 25.3 Å². The minimum Gasteiger partial charge on any atom is -0.276 e. The molecule has 1 aromatic carbocycles. The van der Waals surface area contributed by atoms with E-state index in [1.165, 1.54) is 0 Å². The molecule has 0 unspecified atom stereocenters. The maximum absolute atomic E-state index is 12.7. The number of thioether (sulfide) groups is 1. The van der Waals surface area contributed by atoms with Gasteiger partial charge >= 0.3 is 0 Å². The van der Waals surface area contributed by atoms with E-state index in [1.807, 2.05) is 36.4 Å². The fourth-order valence-corrected chi connectivity index (χ4v) is 3.54. The average Bonchev–Trinajstić information content (AvgIpc) is 2.60. The molecular weight excluding hydrogens is 308 g/mol. The van der Waals surface area contributed by atoms with E-state index in [4.69, 9.17) is 0 Å². The van der Waals surface area contributed by atoms with Gasteiger partial charge < -0.3 is 0 Å². The minimum absolute atomic E-state index is 0.123. The van der Waals surface area contributed by atoms with Crippen LogP contribution in [-0.2, 0) is 6.67 Å². The van der Waals surface area contributed by atoms with Crippen LogP contribution in [0, 0.1) is 11.3 Å². The monoisotopic (exact) mass is 326 g/mol. The largest absolute Gasteiger partial charge is 0.276 e. The SMILES string of the molecule is CCCCN1CSc2nc(-c3ccccc3)c(C#N)c(=O)n2C1. The molecule has 0 radical (unpaired) electrons. The summed E-state index contributed by atoms with van der Waals surface area (Å²) in [6.45, 7) is 3.62. The Morgan fingerprint density at radius 2 is 2.13 bits per heavy atom. The van der Waals surface area contributed by atoms with E-state index in [0.29, 0.717) is 17.5 Å². The molecule has 0 aliphatic carbocycles. The van der Waals surface area contributed by atoms with Crippen molar-refractivity contribution in [2.24, 2.45) is 0 Å². The van der Waals surface area contributed by atoms with Crippen LogP contribution in [0.25, 0.3) is 11.3 Å². The van der Waals surface area contributed by atoms with E-state index in [2.05, 4.69) is 16.8 Å². The Balaban J connectivity index is 2.03. The van der Waals surface area contributed by atoms with Crippen LogP contribution in [0.4, 0.5) is 0 Å². The molecule has 0 atom stereocenters. The van der Waals surface area contributed by atoms with Crippen LogP contribution < -0.4 is 5.56 Å². The highest BCUT2D eigenvalue weighted by Crippen LogP contribution is 2.26. The second kappa shape index (κ2) is 6.99. The van der Waals surface area contributed by atoms with Gasteiger partial charge in [-0.15, -0.1) is 0 Å². The molecule has 1 aliphatic rings. The van der Waals surface area contributed by atoms with Gasteiger partial charge in [0.05, 0.1) is 18.2 Å². The molecule has 1 aromatic heterocycles. The van der Waals surface area contributed by atoms with E-state index < -0.39 is 0 Å². The summed E-state index contributed by atoms with van der Waals surface area (Å²) < 4.78 is 1.62. The van der Waals surface area contributed by atoms with Crippen LogP contribution in [0.5, 0.6) is 0 Å². The predicted molar refractivity (Wildman–Crippen MR) is 91.0 cm³/mol. The zero-order chi connectivity index (χ0) is 16.2. The van der Waals surface area contributed by atoms with E-state index in [-0.39, 0.29) is 11.1 Å². The third-order valence-corrected chi connectivity index (χ3v) is 4.90. The average molecular weight is 326 g/mol. The number of aromatic nitrogens is 2. The lowest BCUT2D eigenvalue weighted by molar-refractivity contribution is 0.227. The maximum atomic E-state index is 12.7. The lowest BCUT2D eigenvalue weighted by atomic mass is 10.1. The normalized spacial score (nSPS) is 14.3. The van der Waals surface area contributed by atoms with E-state index in [1.54, 1.807) is 16.3 Å². The first kappa shape index (κ1) is 15.8. The quantitative estimate of drug-likeness (QED) is 0.809. The van der Waals surface area contributed by atoms with Gasteiger partial charge in [0.15, 0.2) is 5.16 Å². The first-order valence-corrected chi connectivity index (χ1v) is 8.68. The number of unbranched alkanes of at least 4 members (excludes halogenated alkanes) is 1. The summed E-state index contributed by atoms with van der Waals surface area (Å²) >= 11 is 1.56. The molecule has 0 saturated carbocycles. The Labute approximate surface area is 139 Å². The first-order chi connectivity index (χ1) is 11.2. The summed E-state index contributed by atoms with van der Waals surface area (Å²) in [5.41, 5.74) is 1.17. The number of rotatable bonds is 4. The lowest BCUT2D eigenvalue weighted by Gasteiger charge is -2.29. The minimum atomic E-state index is -0.245. The molecule has 2 aromatic rings. The highest BCUT2D eigenvalue weighted by atomic mass is 32.2. The van der Waals surface area contributed by atoms with E-state index in [0.717, 1.165) is 30.8 Å². The van der Waals surface area contributed by atoms with Crippen molar-refractivity contribution in [1.82, 2.24) is 14.5 Å². The van der Waals surface area contributed by atoms with E-state index in [9.17, 15) is 10.1 Å². The number of hydrogen-bond acceptors (Lipinski definition) is 5. The van der Waals surface area contributed by atoms with Crippen molar-refractivity contribution in [1.29, 1.82) is 5.26 Å². The van der Waals surface area contributed by atoms with Crippen molar-refractivity contribution in [2.45, 2.75) is 31.6 Å². The predicted octanol–water partition coefficient (Wildman–Crippen LogP) is 2.90. The fourth-order valence-electron chi connectivity index (χ4n) is 2.58. The Morgan fingerprint density at radius 1 is 1.35 bits per heavy atom. The molecule has 0 spiro atoms. The summed E-state index contributed by atoms with van der Waals surface area (Å²) in [4.78, 5) is 19.5. The lowest BCUT2D eigenvalue weighted by Crippen LogP contribution is -2.39. The van der Waals surface area contributed by atoms with Crippen LogP contribution in [0.3, 0.4) is 0 Å². The second-order valence-electron chi connectivity index (χ2n) is 5.49. The zero-order valence-corrected chi connectivity index (χ0v) is 13.8. The van der Waals surface area contributed by atoms with Crippen molar-refractivity contribution in [3.8, 4) is 17.3 Å².